The Bertz CT molecular complexity index is 851. The van der Waals surface area contributed by atoms with Crippen LogP contribution in [0.2, 0.25) is 5.02 Å². The van der Waals surface area contributed by atoms with Crippen molar-refractivity contribution in [3.63, 3.8) is 0 Å². The van der Waals surface area contributed by atoms with Gasteiger partial charge in [-0.3, -0.25) is 0 Å². The highest BCUT2D eigenvalue weighted by Crippen LogP contribution is 2.37. The number of para-hydroxylation sites is 1. The van der Waals surface area contributed by atoms with E-state index in [0.29, 0.717) is 5.75 Å². The number of nitrogens with zero attached hydrogens (tertiary/aromatic N) is 2. The molecule has 3 aromatic rings. The maximum atomic E-state index is 10.2. The molecule has 4 rings (SSSR count). The Balaban J connectivity index is 1.76. The Labute approximate surface area is 143 Å². The molecule has 2 aromatic carbocycles. The number of rotatable bonds is 2. The van der Waals surface area contributed by atoms with Crippen LogP contribution in [0.1, 0.15) is 11.6 Å². The molecule has 0 radical (unpaired) electrons. The Morgan fingerprint density at radius 1 is 1.26 bits per heavy atom. The molecule has 0 bridgehead atoms. The van der Waals surface area contributed by atoms with E-state index in [4.69, 9.17) is 16.6 Å². The van der Waals surface area contributed by atoms with Crippen LogP contribution >= 0.6 is 22.9 Å². The van der Waals surface area contributed by atoms with Gasteiger partial charge in [-0.15, -0.1) is 0 Å². The zero-order chi connectivity index (χ0) is 15.8. The molecule has 1 aliphatic heterocycles. The van der Waals surface area contributed by atoms with E-state index in [1.54, 1.807) is 17.4 Å². The topological polar surface area (TPSA) is 48.4 Å². The van der Waals surface area contributed by atoms with E-state index in [-0.39, 0.29) is 6.04 Å². The van der Waals surface area contributed by atoms with Gasteiger partial charge in [-0.05, 0) is 24.3 Å². The van der Waals surface area contributed by atoms with Gasteiger partial charge >= 0.3 is 0 Å². The largest absolute Gasteiger partial charge is 0.508 e. The van der Waals surface area contributed by atoms with Gasteiger partial charge in [0.2, 0.25) is 0 Å². The second-order valence-corrected chi connectivity index (χ2v) is 7.03. The highest BCUT2D eigenvalue weighted by Gasteiger charge is 2.28. The van der Waals surface area contributed by atoms with Crippen molar-refractivity contribution in [1.29, 1.82) is 0 Å². The van der Waals surface area contributed by atoms with E-state index >= 15 is 0 Å². The van der Waals surface area contributed by atoms with Crippen molar-refractivity contribution in [2.24, 2.45) is 0 Å². The summed E-state index contributed by atoms with van der Waals surface area (Å²) in [6.45, 7) is 2.54. The van der Waals surface area contributed by atoms with Crippen LogP contribution in [-0.4, -0.2) is 29.7 Å². The molecule has 0 spiro atoms. The molecule has 2 heterocycles. The van der Waals surface area contributed by atoms with Crippen LogP contribution in [0.4, 0.5) is 5.13 Å². The molecule has 1 saturated heterocycles. The number of phenols is 1. The van der Waals surface area contributed by atoms with Gasteiger partial charge in [-0.1, -0.05) is 41.1 Å². The molecule has 0 amide bonds. The Hall–Kier alpha value is -1.82. The lowest BCUT2D eigenvalue weighted by atomic mass is 10.0. The minimum absolute atomic E-state index is 0.0704. The van der Waals surface area contributed by atoms with Gasteiger partial charge in [0.05, 0.1) is 16.3 Å². The number of nitrogens with one attached hydrogen (secondary N) is 1. The first-order valence-corrected chi connectivity index (χ1v) is 8.73. The molecule has 4 nitrogen and oxygen atoms in total. The lowest BCUT2D eigenvalue weighted by Gasteiger charge is -2.36. The first kappa shape index (κ1) is 14.8. The van der Waals surface area contributed by atoms with Gasteiger partial charge in [-0.25, -0.2) is 4.98 Å². The number of aromatic hydroxyl groups is 1. The molecule has 1 unspecified atom stereocenters. The van der Waals surface area contributed by atoms with E-state index in [1.165, 1.54) is 0 Å². The number of aromatic nitrogens is 1. The molecule has 118 valence electrons. The van der Waals surface area contributed by atoms with Crippen LogP contribution < -0.4 is 10.2 Å². The monoisotopic (exact) mass is 345 g/mol. The lowest BCUT2D eigenvalue weighted by molar-refractivity contribution is 0.437. The number of phenolic OH excluding ortho intramolecular Hbond substituents is 1. The fourth-order valence-corrected chi connectivity index (χ4v) is 4.31. The smallest absolute Gasteiger partial charge is 0.187 e. The molecule has 1 aromatic heterocycles. The number of benzene rings is 2. The van der Waals surface area contributed by atoms with E-state index in [9.17, 15) is 5.11 Å². The number of halogens is 1. The predicted octanol–water partition coefficient (Wildman–Crippen LogP) is 3.81. The van der Waals surface area contributed by atoms with Gasteiger partial charge < -0.3 is 15.3 Å². The number of hydrogen-bond acceptors (Lipinski definition) is 5. The van der Waals surface area contributed by atoms with Crippen molar-refractivity contribution in [3.8, 4) is 5.75 Å². The first-order chi connectivity index (χ1) is 11.2. The summed E-state index contributed by atoms with van der Waals surface area (Å²) in [7, 11) is 0. The summed E-state index contributed by atoms with van der Waals surface area (Å²) >= 11 is 7.72. The maximum Gasteiger partial charge on any atom is 0.187 e. The zero-order valence-corrected chi connectivity index (χ0v) is 13.9. The molecule has 1 atom stereocenters. The summed E-state index contributed by atoms with van der Waals surface area (Å²) in [6, 6.07) is 13.4. The minimum Gasteiger partial charge on any atom is -0.508 e. The highest BCUT2D eigenvalue weighted by molar-refractivity contribution is 7.22. The Kier molecular flexibility index (Phi) is 3.85. The second kappa shape index (κ2) is 6.00. The quantitative estimate of drug-likeness (QED) is 0.741. The number of thiazole rings is 1. The summed E-state index contributed by atoms with van der Waals surface area (Å²) in [5.41, 5.74) is 1.89. The molecule has 2 N–H and O–H groups in total. The number of hydrogen-bond donors (Lipinski definition) is 2. The summed E-state index contributed by atoms with van der Waals surface area (Å²) in [5.74, 6) is 0.329. The van der Waals surface area contributed by atoms with Crippen molar-refractivity contribution in [1.82, 2.24) is 10.3 Å². The molecule has 1 fully saturated rings. The summed E-state index contributed by atoms with van der Waals surface area (Å²) in [4.78, 5) is 7.03. The van der Waals surface area contributed by atoms with E-state index in [2.05, 4.69) is 10.2 Å². The van der Waals surface area contributed by atoms with Crippen molar-refractivity contribution in [2.75, 3.05) is 24.5 Å². The van der Waals surface area contributed by atoms with Crippen LogP contribution in [0.5, 0.6) is 5.75 Å². The number of anilines is 1. The predicted molar refractivity (Wildman–Crippen MR) is 95.7 cm³/mol. The van der Waals surface area contributed by atoms with Crippen molar-refractivity contribution < 1.29 is 5.11 Å². The molecule has 6 heteroatoms. The van der Waals surface area contributed by atoms with Gasteiger partial charge in [0.15, 0.2) is 5.13 Å². The average molecular weight is 346 g/mol. The summed E-state index contributed by atoms with van der Waals surface area (Å²) in [6.07, 6.45) is 0. The number of piperazine rings is 1. The SMILES string of the molecule is Oc1ccccc1C1CNCCN1c1nc2ccc(Cl)cc2s1. The van der Waals surface area contributed by atoms with Gasteiger partial charge in [0.25, 0.3) is 0 Å². The second-order valence-electron chi connectivity index (χ2n) is 5.58. The van der Waals surface area contributed by atoms with Crippen LogP contribution in [-0.2, 0) is 0 Å². The molecule has 0 aliphatic carbocycles. The van der Waals surface area contributed by atoms with Crippen molar-refractivity contribution >= 4 is 38.3 Å². The summed E-state index contributed by atoms with van der Waals surface area (Å²) in [5, 5.41) is 15.3. The normalized spacial score (nSPS) is 18.5. The Morgan fingerprint density at radius 2 is 2.13 bits per heavy atom. The van der Waals surface area contributed by atoms with E-state index in [1.807, 2.05) is 36.4 Å². The van der Waals surface area contributed by atoms with Gasteiger partial charge in [0.1, 0.15) is 5.75 Å². The molecular formula is C17H16ClN3OS. The van der Waals surface area contributed by atoms with Crippen LogP contribution in [0.25, 0.3) is 10.2 Å². The fraction of sp³-hybridized carbons (Fsp3) is 0.235. The van der Waals surface area contributed by atoms with Crippen LogP contribution in [0, 0.1) is 0 Å². The highest BCUT2D eigenvalue weighted by atomic mass is 35.5. The average Bonchev–Trinajstić information content (AvgIpc) is 2.98. The number of fused-ring (bicyclic) bond motifs is 1. The first-order valence-electron chi connectivity index (χ1n) is 7.54. The third-order valence-electron chi connectivity index (χ3n) is 4.12. The standard InChI is InChI=1S/C17H16ClN3OS/c18-11-5-6-13-16(9-11)23-17(20-13)21-8-7-19-10-14(21)12-3-1-2-4-15(12)22/h1-6,9,14,19,22H,7-8,10H2. The van der Waals surface area contributed by atoms with Crippen molar-refractivity contribution in [2.45, 2.75) is 6.04 Å². The maximum absolute atomic E-state index is 10.2. The lowest BCUT2D eigenvalue weighted by Crippen LogP contribution is -2.46. The van der Waals surface area contributed by atoms with Gasteiger partial charge in [0, 0.05) is 30.2 Å². The Morgan fingerprint density at radius 3 is 3.00 bits per heavy atom. The van der Waals surface area contributed by atoms with Crippen LogP contribution in [0.15, 0.2) is 42.5 Å². The zero-order valence-electron chi connectivity index (χ0n) is 12.4. The minimum atomic E-state index is 0.0704. The summed E-state index contributed by atoms with van der Waals surface area (Å²) < 4.78 is 1.09. The molecular weight excluding hydrogens is 330 g/mol. The third kappa shape index (κ3) is 2.76. The molecule has 23 heavy (non-hydrogen) atoms. The van der Waals surface area contributed by atoms with Gasteiger partial charge in [-0.2, -0.15) is 0 Å². The molecule has 1 aliphatic rings. The van der Waals surface area contributed by atoms with Crippen LogP contribution in [0.3, 0.4) is 0 Å². The van der Waals surface area contributed by atoms with E-state index < -0.39 is 0 Å². The fourth-order valence-electron chi connectivity index (χ4n) is 2.99. The van der Waals surface area contributed by atoms with E-state index in [0.717, 1.165) is 45.6 Å². The van der Waals surface area contributed by atoms with Crippen molar-refractivity contribution in [3.05, 3.63) is 53.1 Å². The molecule has 0 saturated carbocycles. The third-order valence-corrected chi connectivity index (χ3v) is 5.41.